The van der Waals surface area contributed by atoms with Gasteiger partial charge in [-0.05, 0) is 41.8 Å². The van der Waals surface area contributed by atoms with Crippen molar-refractivity contribution in [2.45, 2.75) is 13.0 Å². The zero-order valence-corrected chi connectivity index (χ0v) is 12.7. The van der Waals surface area contributed by atoms with Gasteiger partial charge in [-0.1, -0.05) is 34.1 Å². The highest BCUT2D eigenvalue weighted by atomic mass is 79.9. The number of rotatable bonds is 2. The Morgan fingerprint density at radius 2 is 1.65 bits per heavy atom. The first-order valence-electron chi connectivity index (χ1n) is 6.49. The number of aryl methyl sites for hydroxylation is 1. The maximum Gasteiger partial charge on any atom is 0.161 e. The third-order valence-corrected chi connectivity index (χ3v) is 4.27. The van der Waals surface area contributed by atoms with Gasteiger partial charge in [0.2, 0.25) is 0 Å². The van der Waals surface area contributed by atoms with Crippen molar-refractivity contribution in [3.05, 3.63) is 57.6 Å². The van der Waals surface area contributed by atoms with Crippen LogP contribution in [0.15, 0.2) is 40.9 Å². The predicted molar refractivity (Wildman–Crippen MR) is 80.4 cm³/mol. The van der Waals surface area contributed by atoms with E-state index in [4.69, 9.17) is 9.47 Å². The molecule has 0 bridgehead atoms. The molecule has 1 aliphatic heterocycles. The summed E-state index contributed by atoms with van der Waals surface area (Å²) in [5.74, 6) is 1.43. The fraction of sp³-hybridized carbons (Fsp3) is 0.250. The molecule has 0 spiro atoms. The van der Waals surface area contributed by atoms with Gasteiger partial charge in [0.25, 0.3) is 0 Å². The molecule has 3 nitrogen and oxygen atoms in total. The van der Waals surface area contributed by atoms with Gasteiger partial charge in [-0.25, -0.2) is 0 Å². The van der Waals surface area contributed by atoms with Gasteiger partial charge in [0.05, 0.1) is 0 Å². The lowest BCUT2D eigenvalue weighted by Gasteiger charge is -2.20. The van der Waals surface area contributed by atoms with Gasteiger partial charge in [0.1, 0.15) is 19.3 Å². The van der Waals surface area contributed by atoms with Gasteiger partial charge >= 0.3 is 0 Å². The summed E-state index contributed by atoms with van der Waals surface area (Å²) in [6, 6.07) is 11.4. The van der Waals surface area contributed by atoms with Gasteiger partial charge in [0.15, 0.2) is 11.5 Å². The summed E-state index contributed by atoms with van der Waals surface area (Å²) < 4.78 is 12.1. The third kappa shape index (κ3) is 2.53. The standard InChI is InChI=1S/C16H15BrO3/c1-10-8-11(2-4-13(10)17)16(18)12-3-5-14-15(9-12)20-7-6-19-14/h2-5,8-9,16,18H,6-7H2,1H3. The van der Waals surface area contributed by atoms with Crippen molar-refractivity contribution in [3.8, 4) is 11.5 Å². The van der Waals surface area contributed by atoms with E-state index < -0.39 is 6.10 Å². The molecule has 20 heavy (non-hydrogen) atoms. The fourth-order valence-corrected chi connectivity index (χ4v) is 2.51. The Hall–Kier alpha value is -1.52. The van der Waals surface area contributed by atoms with Crippen LogP contribution in [-0.4, -0.2) is 18.3 Å². The molecule has 0 aromatic heterocycles. The number of hydrogen-bond acceptors (Lipinski definition) is 3. The number of hydrogen-bond donors (Lipinski definition) is 1. The van der Waals surface area contributed by atoms with Crippen LogP contribution >= 0.6 is 15.9 Å². The Kier molecular flexibility index (Phi) is 3.68. The molecule has 0 saturated carbocycles. The average molecular weight is 335 g/mol. The smallest absolute Gasteiger partial charge is 0.161 e. The van der Waals surface area contributed by atoms with Crippen LogP contribution in [0.2, 0.25) is 0 Å². The third-order valence-electron chi connectivity index (χ3n) is 3.38. The van der Waals surface area contributed by atoms with E-state index in [-0.39, 0.29) is 0 Å². The first-order chi connectivity index (χ1) is 9.65. The van der Waals surface area contributed by atoms with Crippen LogP contribution in [0.3, 0.4) is 0 Å². The molecule has 0 amide bonds. The Balaban J connectivity index is 1.93. The normalized spacial score (nSPS) is 14.9. The minimum Gasteiger partial charge on any atom is -0.486 e. The zero-order valence-electron chi connectivity index (χ0n) is 11.1. The molecule has 4 heteroatoms. The van der Waals surface area contributed by atoms with E-state index in [2.05, 4.69) is 15.9 Å². The summed E-state index contributed by atoms with van der Waals surface area (Å²) in [6.07, 6.45) is -0.669. The molecular weight excluding hydrogens is 320 g/mol. The number of fused-ring (bicyclic) bond motifs is 1. The van der Waals surface area contributed by atoms with Crippen LogP contribution in [-0.2, 0) is 0 Å². The zero-order chi connectivity index (χ0) is 14.1. The van der Waals surface area contributed by atoms with Crippen molar-refractivity contribution in [3.63, 3.8) is 0 Å². The summed E-state index contributed by atoms with van der Waals surface area (Å²) in [6.45, 7) is 3.12. The molecule has 1 aliphatic rings. The van der Waals surface area contributed by atoms with Crippen LogP contribution in [0.1, 0.15) is 22.8 Å². The number of aliphatic hydroxyl groups is 1. The summed E-state index contributed by atoms with van der Waals surface area (Å²) in [4.78, 5) is 0. The van der Waals surface area contributed by atoms with Crippen LogP contribution in [0.4, 0.5) is 0 Å². The average Bonchev–Trinajstić information content (AvgIpc) is 2.49. The van der Waals surface area contributed by atoms with Crippen molar-refractivity contribution in [2.24, 2.45) is 0 Å². The Labute approximate surface area is 126 Å². The van der Waals surface area contributed by atoms with Gasteiger partial charge in [0, 0.05) is 4.47 Å². The molecule has 1 unspecified atom stereocenters. The van der Waals surface area contributed by atoms with Gasteiger partial charge < -0.3 is 14.6 Å². The Bertz CT molecular complexity index is 640. The van der Waals surface area contributed by atoms with E-state index in [1.54, 1.807) is 0 Å². The second-order valence-electron chi connectivity index (χ2n) is 4.81. The molecule has 2 aromatic carbocycles. The first-order valence-corrected chi connectivity index (χ1v) is 7.28. The summed E-state index contributed by atoms with van der Waals surface area (Å²) >= 11 is 3.47. The van der Waals surface area contributed by atoms with Crippen molar-refractivity contribution in [1.29, 1.82) is 0 Å². The molecule has 1 heterocycles. The maximum atomic E-state index is 10.5. The molecule has 0 radical (unpaired) electrons. The second kappa shape index (κ2) is 5.46. The van der Waals surface area contributed by atoms with Gasteiger partial charge in [-0.15, -0.1) is 0 Å². The summed E-state index contributed by atoms with van der Waals surface area (Å²) in [5, 5.41) is 10.5. The van der Waals surface area contributed by atoms with Crippen molar-refractivity contribution in [2.75, 3.05) is 13.2 Å². The quantitative estimate of drug-likeness (QED) is 0.911. The summed E-state index contributed by atoms with van der Waals surface area (Å²) in [5.41, 5.74) is 2.76. The number of aliphatic hydroxyl groups excluding tert-OH is 1. The topological polar surface area (TPSA) is 38.7 Å². The minimum absolute atomic E-state index is 0.546. The lowest BCUT2D eigenvalue weighted by atomic mass is 9.99. The molecule has 0 saturated heterocycles. The highest BCUT2D eigenvalue weighted by Crippen LogP contribution is 2.34. The SMILES string of the molecule is Cc1cc(C(O)c2ccc3c(c2)OCCO3)ccc1Br. The summed E-state index contributed by atoms with van der Waals surface area (Å²) in [7, 11) is 0. The monoisotopic (exact) mass is 334 g/mol. The highest BCUT2D eigenvalue weighted by molar-refractivity contribution is 9.10. The van der Waals surface area contributed by atoms with Crippen molar-refractivity contribution >= 4 is 15.9 Å². The van der Waals surface area contributed by atoms with Crippen LogP contribution in [0.25, 0.3) is 0 Å². The minimum atomic E-state index is -0.669. The second-order valence-corrected chi connectivity index (χ2v) is 5.67. The lowest BCUT2D eigenvalue weighted by Crippen LogP contribution is -2.15. The molecule has 1 N–H and O–H groups in total. The molecule has 0 aliphatic carbocycles. The maximum absolute atomic E-state index is 10.5. The highest BCUT2D eigenvalue weighted by Gasteiger charge is 2.17. The van der Waals surface area contributed by atoms with E-state index >= 15 is 0 Å². The van der Waals surface area contributed by atoms with E-state index in [1.807, 2.05) is 43.3 Å². The van der Waals surface area contributed by atoms with Crippen LogP contribution in [0, 0.1) is 6.92 Å². The van der Waals surface area contributed by atoms with E-state index in [0.717, 1.165) is 26.9 Å². The molecule has 104 valence electrons. The van der Waals surface area contributed by atoms with E-state index in [0.29, 0.717) is 19.0 Å². The lowest BCUT2D eigenvalue weighted by molar-refractivity contribution is 0.169. The Morgan fingerprint density at radius 3 is 2.40 bits per heavy atom. The van der Waals surface area contributed by atoms with E-state index in [1.165, 1.54) is 0 Å². The van der Waals surface area contributed by atoms with Crippen molar-refractivity contribution < 1.29 is 14.6 Å². The molecular formula is C16H15BrO3. The fourth-order valence-electron chi connectivity index (χ4n) is 2.26. The number of halogens is 1. The first kappa shape index (κ1) is 13.5. The molecule has 1 atom stereocenters. The van der Waals surface area contributed by atoms with Gasteiger partial charge in [-0.3, -0.25) is 0 Å². The van der Waals surface area contributed by atoms with Crippen LogP contribution in [0.5, 0.6) is 11.5 Å². The molecule has 2 aromatic rings. The largest absolute Gasteiger partial charge is 0.486 e. The van der Waals surface area contributed by atoms with Gasteiger partial charge in [-0.2, -0.15) is 0 Å². The number of ether oxygens (including phenoxy) is 2. The van der Waals surface area contributed by atoms with Crippen molar-refractivity contribution in [1.82, 2.24) is 0 Å². The molecule has 0 fully saturated rings. The van der Waals surface area contributed by atoms with Crippen LogP contribution < -0.4 is 9.47 Å². The number of benzene rings is 2. The molecule has 3 rings (SSSR count). The predicted octanol–water partition coefficient (Wildman–Crippen LogP) is 3.61. The Morgan fingerprint density at radius 1 is 1.00 bits per heavy atom. The van der Waals surface area contributed by atoms with E-state index in [9.17, 15) is 5.11 Å².